The molecule has 0 N–H and O–H groups in total. The maximum atomic E-state index is 13.3. The lowest BCUT2D eigenvalue weighted by molar-refractivity contribution is 0.404. The van der Waals surface area contributed by atoms with E-state index in [-0.39, 0.29) is 5.82 Å². The Kier molecular flexibility index (Phi) is 4.22. The number of alkyl halides is 1. The quantitative estimate of drug-likeness (QED) is 0.742. The number of benzene rings is 1. The second-order valence-corrected chi connectivity index (χ2v) is 3.51. The number of halogens is 2. The van der Waals surface area contributed by atoms with Crippen LogP contribution in [0.5, 0.6) is 5.75 Å². The van der Waals surface area contributed by atoms with Gasteiger partial charge in [0.2, 0.25) is 0 Å². The third kappa shape index (κ3) is 2.69. The highest BCUT2D eigenvalue weighted by Crippen LogP contribution is 2.22. The maximum absolute atomic E-state index is 13.3. The van der Waals surface area contributed by atoms with Crippen LogP contribution < -0.4 is 4.74 Å². The minimum Gasteiger partial charge on any atom is -0.496 e. The van der Waals surface area contributed by atoms with Crippen LogP contribution in [0.25, 0.3) is 0 Å². The number of hydrogen-bond donors (Lipinski definition) is 0. The fraction of sp³-hybridized carbons (Fsp3) is 0.400. The Morgan fingerprint density at radius 2 is 2.23 bits per heavy atom. The molecule has 0 spiro atoms. The van der Waals surface area contributed by atoms with Crippen LogP contribution in [-0.4, -0.2) is 12.4 Å². The van der Waals surface area contributed by atoms with Gasteiger partial charge in [0.25, 0.3) is 0 Å². The number of rotatable bonds is 4. The van der Waals surface area contributed by atoms with E-state index in [0.29, 0.717) is 17.7 Å². The van der Waals surface area contributed by atoms with E-state index in [9.17, 15) is 4.39 Å². The lowest BCUT2D eigenvalue weighted by Gasteiger charge is -2.07. The Hall–Kier alpha value is -0.570. The van der Waals surface area contributed by atoms with Crippen LogP contribution in [0, 0.1) is 5.82 Å². The van der Waals surface area contributed by atoms with Gasteiger partial charge in [0.15, 0.2) is 0 Å². The van der Waals surface area contributed by atoms with Crippen LogP contribution in [0.1, 0.15) is 12.0 Å². The van der Waals surface area contributed by atoms with Crippen LogP contribution in [-0.2, 0) is 6.42 Å². The third-order valence-electron chi connectivity index (χ3n) is 1.86. The van der Waals surface area contributed by atoms with Crippen molar-refractivity contribution in [2.45, 2.75) is 12.8 Å². The van der Waals surface area contributed by atoms with Gasteiger partial charge >= 0.3 is 0 Å². The van der Waals surface area contributed by atoms with E-state index in [1.54, 1.807) is 19.2 Å². The lowest BCUT2D eigenvalue weighted by Crippen LogP contribution is -1.96. The molecule has 1 rings (SSSR count). The normalized spacial score (nSPS) is 10.1. The summed E-state index contributed by atoms with van der Waals surface area (Å²) in [4.78, 5) is 0. The van der Waals surface area contributed by atoms with Crippen LogP contribution in [0.2, 0.25) is 0 Å². The van der Waals surface area contributed by atoms with Gasteiger partial charge < -0.3 is 4.74 Å². The van der Waals surface area contributed by atoms with E-state index in [1.165, 1.54) is 6.07 Å². The SMILES string of the molecule is COc1cccc(F)c1CCCBr. The zero-order valence-electron chi connectivity index (χ0n) is 7.52. The Morgan fingerprint density at radius 1 is 1.46 bits per heavy atom. The van der Waals surface area contributed by atoms with Gasteiger partial charge in [-0.05, 0) is 25.0 Å². The zero-order chi connectivity index (χ0) is 9.68. The standard InChI is InChI=1S/C10H12BrFO/c1-13-10-6-2-5-9(12)8(10)4-3-7-11/h2,5-6H,3-4,7H2,1H3. The summed E-state index contributed by atoms with van der Waals surface area (Å²) in [6.07, 6.45) is 1.62. The molecular formula is C10H12BrFO. The minimum absolute atomic E-state index is 0.180. The van der Waals surface area contributed by atoms with Crippen LogP contribution in [0.4, 0.5) is 4.39 Å². The molecule has 0 amide bonds. The van der Waals surface area contributed by atoms with Gasteiger partial charge in [-0.15, -0.1) is 0 Å². The summed E-state index contributed by atoms with van der Waals surface area (Å²) in [5.41, 5.74) is 0.671. The largest absolute Gasteiger partial charge is 0.496 e. The van der Waals surface area contributed by atoms with Crippen molar-refractivity contribution in [2.75, 3.05) is 12.4 Å². The van der Waals surface area contributed by atoms with Gasteiger partial charge in [-0.2, -0.15) is 0 Å². The second kappa shape index (κ2) is 5.22. The molecule has 0 bridgehead atoms. The van der Waals surface area contributed by atoms with Gasteiger partial charge in [-0.25, -0.2) is 4.39 Å². The molecule has 0 saturated heterocycles. The molecule has 1 nitrogen and oxygen atoms in total. The highest BCUT2D eigenvalue weighted by Gasteiger charge is 2.07. The molecule has 0 unspecified atom stereocenters. The highest BCUT2D eigenvalue weighted by atomic mass is 79.9. The molecule has 0 radical (unpaired) electrons. The van der Waals surface area contributed by atoms with Crippen molar-refractivity contribution in [3.05, 3.63) is 29.6 Å². The van der Waals surface area contributed by atoms with Crippen LogP contribution in [0.15, 0.2) is 18.2 Å². The monoisotopic (exact) mass is 246 g/mol. The maximum Gasteiger partial charge on any atom is 0.130 e. The predicted molar refractivity (Wildman–Crippen MR) is 55.1 cm³/mol. The number of methoxy groups -OCH3 is 1. The highest BCUT2D eigenvalue weighted by molar-refractivity contribution is 9.09. The molecule has 13 heavy (non-hydrogen) atoms. The van der Waals surface area contributed by atoms with E-state index < -0.39 is 0 Å². The summed E-state index contributed by atoms with van der Waals surface area (Å²) in [5, 5.41) is 0.879. The third-order valence-corrected chi connectivity index (χ3v) is 2.42. The summed E-state index contributed by atoms with van der Waals surface area (Å²) in [7, 11) is 1.56. The van der Waals surface area contributed by atoms with Crippen molar-refractivity contribution in [1.29, 1.82) is 0 Å². The fourth-order valence-electron chi connectivity index (χ4n) is 1.22. The van der Waals surface area contributed by atoms with E-state index in [2.05, 4.69) is 15.9 Å². The summed E-state index contributed by atoms with van der Waals surface area (Å²) >= 11 is 3.31. The first kappa shape index (κ1) is 10.5. The van der Waals surface area contributed by atoms with Crippen LogP contribution in [0.3, 0.4) is 0 Å². The predicted octanol–water partition coefficient (Wildman–Crippen LogP) is 3.16. The van der Waals surface area contributed by atoms with Crippen molar-refractivity contribution in [2.24, 2.45) is 0 Å². The van der Waals surface area contributed by atoms with E-state index in [4.69, 9.17) is 4.74 Å². The molecule has 0 saturated carbocycles. The summed E-state index contributed by atoms with van der Waals surface area (Å²) < 4.78 is 18.3. The van der Waals surface area contributed by atoms with Crippen molar-refractivity contribution in [1.82, 2.24) is 0 Å². The Morgan fingerprint density at radius 3 is 2.85 bits per heavy atom. The van der Waals surface area contributed by atoms with E-state index in [1.807, 2.05) is 0 Å². The smallest absolute Gasteiger partial charge is 0.130 e. The first-order chi connectivity index (χ1) is 6.29. The van der Waals surface area contributed by atoms with Gasteiger partial charge in [-0.3, -0.25) is 0 Å². The van der Waals surface area contributed by atoms with E-state index in [0.717, 1.165) is 11.8 Å². The minimum atomic E-state index is -0.180. The summed E-state index contributed by atoms with van der Waals surface area (Å²) in [5.74, 6) is 0.459. The molecule has 3 heteroatoms. The van der Waals surface area contributed by atoms with Gasteiger partial charge in [-0.1, -0.05) is 22.0 Å². The Labute approximate surface area is 86.0 Å². The van der Waals surface area contributed by atoms with E-state index >= 15 is 0 Å². The van der Waals surface area contributed by atoms with Crippen molar-refractivity contribution >= 4 is 15.9 Å². The number of ether oxygens (including phenoxy) is 1. The molecule has 1 aromatic carbocycles. The molecule has 0 aromatic heterocycles. The Bertz CT molecular complexity index is 276. The molecular weight excluding hydrogens is 235 g/mol. The molecule has 0 heterocycles. The molecule has 0 aliphatic heterocycles. The lowest BCUT2D eigenvalue weighted by atomic mass is 10.1. The second-order valence-electron chi connectivity index (χ2n) is 2.71. The molecule has 0 aliphatic carbocycles. The van der Waals surface area contributed by atoms with Crippen molar-refractivity contribution < 1.29 is 9.13 Å². The topological polar surface area (TPSA) is 9.23 Å². The van der Waals surface area contributed by atoms with Crippen LogP contribution >= 0.6 is 15.9 Å². The fourth-order valence-corrected chi connectivity index (χ4v) is 1.50. The van der Waals surface area contributed by atoms with Gasteiger partial charge in [0.1, 0.15) is 11.6 Å². The summed E-state index contributed by atoms with van der Waals surface area (Å²) in [6, 6.07) is 4.91. The molecule has 1 aromatic rings. The van der Waals surface area contributed by atoms with Crippen molar-refractivity contribution in [3.63, 3.8) is 0 Å². The number of hydrogen-bond acceptors (Lipinski definition) is 1. The molecule has 0 aliphatic rings. The first-order valence-corrected chi connectivity index (χ1v) is 5.29. The molecule has 72 valence electrons. The van der Waals surface area contributed by atoms with Gasteiger partial charge in [0.05, 0.1) is 7.11 Å². The average Bonchev–Trinajstić information content (AvgIpc) is 2.15. The Balaban J connectivity index is 2.87. The zero-order valence-corrected chi connectivity index (χ0v) is 9.10. The van der Waals surface area contributed by atoms with Gasteiger partial charge in [0, 0.05) is 10.9 Å². The first-order valence-electron chi connectivity index (χ1n) is 4.17. The molecule has 0 fully saturated rings. The molecule has 0 atom stereocenters. The van der Waals surface area contributed by atoms with Crippen molar-refractivity contribution in [3.8, 4) is 5.75 Å². The summed E-state index contributed by atoms with van der Waals surface area (Å²) in [6.45, 7) is 0. The average molecular weight is 247 g/mol.